The maximum absolute atomic E-state index is 12.6. The van der Waals surface area contributed by atoms with E-state index in [2.05, 4.69) is 31.7 Å². The molecule has 1 fully saturated rings. The molecular formula is C28H33BrClN5O4. The second-order valence-electron chi connectivity index (χ2n) is 10.5. The first-order valence-corrected chi connectivity index (χ1v) is 13.9. The normalized spacial score (nSPS) is 14.2. The first-order chi connectivity index (χ1) is 18.5. The summed E-state index contributed by atoms with van der Waals surface area (Å²) in [5.41, 5.74) is 2.16. The number of anilines is 2. The van der Waals surface area contributed by atoms with E-state index in [1.54, 1.807) is 39.9 Å². The molecule has 0 unspecified atom stereocenters. The number of amides is 3. The van der Waals surface area contributed by atoms with E-state index >= 15 is 0 Å². The summed E-state index contributed by atoms with van der Waals surface area (Å²) in [6.45, 7) is 7.38. The summed E-state index contributed by atoms with van der Waals surface area (Å²) in [6.07, 6.45) is 3.24. The number of benzene rings is 2. The van der Waals surface area contributed by atoms with Gasteiger partial charge < -0.3 is 25.0 Å². The molecule has 0 aliphatic carbocycles. The second kappa shape index (κ2) is 12.3. The molecule has 1 aliphatic heterocycles. The van der Waals surface area contributed by atoms with E-state index in [0.29, 0.717) is 53.5 Å². The number of hydrogen-bond donors (Lipinski definition) is 2. The third kappa shape index (κ3) is 8.12. The number of aryl methyl sites for hydroxylation is 1. The van der Waals surface area contributed by atoms with Crippen LogP contribution in [0.25, 0.3) is 11.3 Å². The molecule has 0 saturated carbocycles. The lowest BCUT2D eigenvalue weighted by molar-refractivity contribution is 0.0165. The number of likely N-dealkylation sites (tertiary alicyclic amines) is 1. The molecule has 11 heteroatoms. The topological polar surface area (TPSA) is 97.7 Å². The molecule has 9 nitrogen and oxygen atoms in total. The lowest BCUT2D eigenvalue weighted by Gasteiger charge is -2.33. The summed E-state index contributed by atoms with van der Waals surface area (Å²) < 4.78 is 14.3. The first kappa shape index (κ1) is 28.8. The van der Waals surface area contributed by atoms with Crippen LogP contribution in [0.1, 0.15) is 33.6 Å². The lowest BCUT2D eigenvalue weighted by atomic mass is 9.98. The quantitative estimate of drug-likeness (QED) is 0.305. The summed E-state index contributed by atoms with van der Waals surface area (Å²) >= 11 is 9.51. The number of piperidine rings is 1. The predicted octanol–water partition coefficient (Wildman–Crippen LogP) is 7.17. The van der Waals surface area contributed by atoms with Crippen molar-refractivity contribution in [2.24, 2.45) is 13.0 Å². The van der Waals surface area contributed by atoms with Gasteiger partial charge in [-0.05, 0) is 97.9 Å². The van der Waals surface area contributed by atoms with Crippen LogP contribution in [0.5, 0.6) is 5.75 Å². The van der Waals surface area contributed by atoms with Crippen molar-refractivity contribution < 1.29 is 19.1 Å². The molecule has 208 valence electrons. The maximum Gasteiger partial charge on any atom is 0.410 e. The molecule has 39 heavy (non-hydrogen) atoms. The number of carbonyl (C=O) groups excluding carboxylic acids is 2. The van der Waals surface area contributed by atoms with E-state index in [1.165, 1.54) is 0 Å². The molecule has 3 amide bonds. The van der Waals surface area contributed by atoms with Gasteiger partial charge >= 0.3 is 12.1 Å². The number of rotatable bonds is 6. The van der Waals surface area contributed by atoms with Crippen LogP contribution in [0, 0.1) is 5.92 Å². The van der Waals surface area contributed by atoms with E-state index in [-0.39, 0.29) is 12.1 Å². The van der Waals surface area contributed by atoms with Crippen LogP contribution < -0.4 is 15.4 Å². The molecule has 4 rings (SSSR count). The van der Waals surface area contributed by atoms with Crippen LogP contribution >= 0.6 is 27.5 Å². The Hall–Kier alpha value is -3.24. The van der Waals surface area contributed by atoms with Crippen LogP contribution in [0.15, 0.2) is 53.1 Å². The monoisotopic (exact) mass is 617 g/mol. The average molecular weight is 619 g/mol. The fourth-order valence-corrected chi connectivity index (χ4v) is 4.92. The number of ether oxygens (including phenoxy) is 2. The number of hydrogen-bond acceptors (Lipinski definition) is 5. The molecule has 0 atom stereocenters. The fourth-order valence-electron chi connectivity index (χ4n) is 4.20. The van der Waals surface area contributed by atoms with Gasteiger partial charge in [0.2, 0.25) is 0 Å². The lowest BCUT2D eigenvalue weighted by Crippen LogP contribution is -2.42. The van der Waals surface area contributed by atoms with Gasteiger partial charge in [0.15, 0.2) is 0 Å². The van der Waals surface area contributed by atoms with Crippen molar-refractivity contribution >= 4 is 51.0 Å². The average Bonchev–Trinajstić information content (AvgIpc) is 3.21. The van der Waals surface area contributed by atoms with Gasteiger partial charge in [-0.25, -0.2) is 9.59 Å². The minimum Gasteiger partial charge on any atom is -0.493 e. The summed E-state index contributed by atoms with van der Waals surface area (Å²) in [7, 11) is 1.84. The summed E-state index contributed by atoms with van der Waals surface area (Å²) in [5.74, 6) is 0.958. The maximum atomic E-state index is 12.6. The summed E-state index contributed by atoms with van der Waals surface area (Å²) in [5, 5.41) is 10.8. The zero-order chi connectivity index (χ0) is 28.2. The van der Waals surface area contributed by atoms with Crippen LogP contribution in [-0.4, -0.2) is 52.1 Å². The Balaban J connectivity index is 1.42. The van der Waals surface area contributed by atoms with Crippen LogP contribution in [-0.2, 0) is 11.8 Å². The smallest absolute Gasteiger partial charge is 0.410 e. The third-order valence-corrected chi connectivity index (χ3v) is 6.95. The number of nitrogens with zero attached hydrogens (tertiary/aromatic N) is 3. The Kier molecular flexibility index (Phi) is 9.07. The van der Waals surface area contributed by atoms with Gasteiger partial charge in [-0.1, -0.05) is 11.6 Å². The Morgan fingerprint density at radius 1 is 1.08 bits per heavy atom. The Bertz CT molecular complexity index is 1310. The number of urea groups is 1. The number of aromatic nitrogens is 2. The fraction of sp³-hybridized carbons (Fsp3) is 0.393. The second-order valence-corrected chi connectivity index (χ2v) is 11.8. The summed E-state index contributed by atoms with van der Waals surface area (Å²) in [4.78, 5) is 26.7. The van der Waals surface area contributed by atoms with E-state index in [0.717, 1.165) is 22.9 Å². The number of nitrogens with one attached hydrogen (secondary N) is 2. The van der Waals surface area contributed by atoms with E-state index < -0.39 is 5.60 Å². The van der Waals surface area contributed by atoms with Gasteiger partial charge in [-0.2, -0.15) is 5.10 Å². The predicted molar refractivity (Wildman–Crippen MR) is 156 cm³/mol. The van der Waals surface area contributed by atoms with Crippen LogP contribution in [0.3, 0.4) is 0 Å². The molecule has 0 radical (unpaired) electrons. The Labute approximate surface area is 241 Å². The molecule has 1 saturated heterocycles. The highest BCUT2D eigenvalue weighted by Crippen LogP contribution is 2.36. The van der Waals surface area contributed by atoms with Crippen LogP contribution in [0.4, 0.5) is 21.0 Å². The van der Waals surface area contributed by atoms with Crippen molar-refractivity contribution in [2.75, 3.05) is 30.3 Å². The van der Waals surface area contributed by atoms with E-state index in [1.807, 2.05) is 46.1 Å². The Morgan fingerprint density at radius 3 is 2.33 bits per heavy atom. The van der Waals surface area contributed by atoms with Gasteiger partial charge in [0.1, 0.15) is 17.0 Å². The van der Waals surface area contributed by atoms with Crippen molar-refractivity contribution in [3.63, 3.8) is 0 Å². The minimum atomic E-state index is -0.509. The minimum absolute atomic E-state index is 0.271. The molecule has 0 bridgehead atoms. The van der Waals surface area contributed by atoms with Crippen molar-refractivity contribution in [2.45, 2.75) is 39.2 Å². The summed E-state index contributed by atoms with van der Waals surface area (Å²) in [6, 6.07) is 12.0. The van der Waals surface area contributed by atoms with Crippen molar-refractivity contribution in [1.82, 2.24) is 14.7 Å². The highest BCUT2D eigenvalue weighted by Gasteiger charge is 2.27. The number of carbonyl (C=O) groups is 2. The zero-order valence-corrected chi connectivity index (χ0v) is 24.8. The highest BCUT2D eigenvalue weighted by atomic mass is 79.9. The standard InChI is InChI=1S/C28H33BrClN5O4/c1-28(2,3)39-27(37)35-13-11-18(12-14-35)17-38-24-10-9-21(15-22(24)25-23(29)16-34(4)33-25)32-26(36)31-20-7-5-19(30)6-8-20/h5-10,15-16,18H,11-14,17H2,1-4H3,(H2,31,32,36). The Morgan fingerprint density at radius 2 is 1.72 bits per heavy atom. The van der Waals surface area contributed by atoms with Gasteiger partial charge in [0.25, 0.3) is 0 Å². The molecule has 2 N–H and O–H groups in total. The molecule has 2 aromatic carbocycles. The zero-order valence-electron chi connectivity index (χ0n) is 22.5. The first-order valence-electron chi connectivity index (χ1n) is 12.7. The molecular weight excluding hydrogens is 586 g/mol. The highest BCUT2D eigenvalue weighted by molar-refractivity contribution is 9.10. The molecule has 1 aliphatic rings. The van der Waals surface area contributed by atoms with Gasteiger partial charge in [-0.15, -0.1) is 0 Å². The SMILES string of the molecule is Cn1cc(Br)c(-c2cc(NC(=O)Nc3ccc(Cl)cc3)ccc2OCC2CCN(C(=O)OC(C)(C)C)CC2)n1. The van der Waals surface area contributed by atoms with Crippen LogP contribution in [0.2, 0.25) is 5.02 Å². The van der Waals surface area contributed by atoms with Gasteiger partial charge in [0, 0.05) is 48.3 Å². The van der Waals surface area contributed by atoms with Gasteiger partial charge in [0.05, 0.1) is 11.1 Å². The molecule has 0 spiro atoms. The van der Waals surface area contributed by atoms with E-state index in [4.69, 9.17) is 21.1 Å². The van der Waals surface area contributed by atoms with Crippen molar-refractivity contribution in [1.29, 1.82) is 0 Å². The molecule has 1 aromatic heterocycles. The van der Waals surface area contributed by atoms with Gasteiger partial charge in [-0.3, -0.25) is 4.68 Å². The molecule has 2 heterocycles. The van der Waals surface area contributed by atoms with Crippen molar-refractivity contribution in [3.05, 3.63) is 58.2 Å². The van der Waals surface area contributed by atoms with E-state index in [9.17, 15) is 9.59 Å². The number of halogens is 2. The molecule has 3 aromatic rings. The van der Waals surface area contributed by atoms with Crippen molar-refractivity contribution in [3.8, 4) is 17.0 Å². The largest absolute Gasteiger partial charge is 0.493 e. The third-order valence-electron chi connectivity index (χ3n) is 6.12.